The molecule has 1 heterocycles. The van der Waals surface area contributed by atoms with Crippen LogP contribution in [0.5, 0.6) is 0 Å². The fourth-order valence-electron chi connectivity index (χ4n) is 2.75. The molecule has 1 aromatic carbocycles. The number of carboxylic acid groups (broad SMARTS) is 1. The molecule has 0 bridgehead atoms. The maximum Gasteiger partial charge on any atom is 0.324 e. The van der Waals surface area contributed by atoms with Gasteiger partial charge in [0.2, 0.25) is 0 Å². The Morgan fingerprint density at radius 3 is 2.62 bits per heavy atom. The number of rotatable bonds is 4. The van der Waals surface area contributed by atoms with Crippen molar-refractivity contribution in [3.63, 3.8) is 0 Å². The van der Waals surface area contributed by atoms with Crippen molar-refractivity contribution in [1.82, 2.24) is 4.90 Å². The molecule has 0 saturated heterocycles. The Bertz CT molecular complexity index is 542. The van der Waals surface area contributed by atoms with E-state index in [2.05, 4.69) is 13.8 Å². The summed E-state index contributed by atoms with van der Waals surface area (Å²) < 4.78 is 0. The summed E-state index contributed by atoms with van der Waals surface area (Å²) in [7, 11) is 0. The second-order valence-electron chi connectivity index (χ2n) is 5.78. The first-order valence-corrected chi connectivity index (χ1v) is 7.33. The predicted molar refractivity (Wildman–Crippen MR) is 81.6 cm³/mol. The molecule has 0 aliphatic carbocycles. The van der Waals surface area contributed by atoms with Gasteiger partial charge in [0.1, 0.15) is 5.92 Å². The van der Waals surface area contributed by atoms with Crippen molar-refractivity contribution in [3.8, 4) is 0 Å². The number of amides is 2. The molecule has 5 heteroatoms. The molecule has 1 N–H and O–H groups in total. The molecule has 2 amide bonds. The smallest absolute Gasteiger partial charge is 0.324 e. The molecule has 5 nitrogen and oxygen atoms in total. The molecular weight excluding hydrogens is 268 g/mol. The van der Waals surface area contributed by atoms with E-state index in [-0.39, 0.29) is 12.6 Å². The van der Waals surface area contributed by atoms with Crippen LogP contribution in [-0.2, 0) is 4.79 Å². The van der Waals surface area contributed by atoms with E-state index in [4.69, 9.17) is 0 Å². The van der Waals surface area contributed by atoms with Gasteiger partial charge in [-0.3, -0.25) is 9.69 Å². The number of benzene rings is 1. The van der Waals surface area contributed by atoms with Gasteiger partial charge in [0.25, 0.3) is 0 Å². The Kier molecular flexibility index (Phi) is 4.50. The van der Waals surface area contributed by atoms with Crippen LogP contribution in [-0.4, -0.2) is 41.6 Å². The van der Waals surface area contributed by atoms with Gasteiger partial charge in [0, 0.05) is 25.3 Å². The quantitative estimate of drug-likeness (QED) is 0.927. The molecule has 21 heavy (non-hydrogen) atoms. The summed E-state index contributed by atoms with van der Waals surface area (Å²) in [5.74, 6) is -1.14. The minimum atomic E-state index is -0.885. The molecule has 1 aromatic rings. The third-order valence-corrected chi connectivity index (χ3v) is 3.73. The normalized spacial score (nSPS) is 17.0. The number of hydrogen-bond acceptors (Lipinski definition) is 2. The Morgan fingerprint density at radius 1 is 1.38 bits per heavy atom. The van der Waals surface area contributed by atoms with Crippen LogP contribution >= 0.6 is 0 Å². The lowest BCUT2D eigenvalue weighted by atomic mass is 10.0. The van der Waals surface area contributed by atoms with E-state index in [1.165, 1.54) is 0 Å². The number of urea groups is 1. The number of fused-ring (bicyclic) bond motifs is 1. The number of hydrogen-bond donors (Lipinski definition) is 1. The molecule has 2 rings (SSSR count). The van der Waals surface area contributed by atoms with E-state index in [1.807, 2.05) is 25.1 Å². The summed E-state index contributed by atoms with van der Waals surface area (Å²) in [6.45, 7) is 7.57. The summed E-state index contributed by atoms with van der Waals surface area (Å²) in [5, 5.41) is 9.35. The highest BCUT2D eigenvalue weighted by molar-refractivity contribution is 5.98. The number of carbonyl (C=O) groups excluding carboxylic acids is 1. The van der Waals surface area contributed by atoms with Crippen molar-refractivity contribution in [2.24, 2.45) is 5.92 Å². The number of carboxylic acids is 1. The number of aliphatic carboxylic acids is 1. The lowest BCUT2D eigenvalue weighted by Crippen LogP contribution is -2.44. The van der Waals surface area contributed by atoms with E-state index in [1.54, 1.807) is 15.9 Å². The monoisotopic (exact) mass is 290 g/mol. The fraction of sp³-hybridized carbons (Fsp3) is 0.500. The first kappa shape index (κ1) is 15.4. The lowest BCUT2D eigenvalue weighted by Gasteiger charge is -2.28. The largest absolute Gasteiger partial charge is 0.481 e. The molecular formula is C16H22N2O3. The van der Waals surface area contributed by atoms with Crippen LogP contribution in [0.4, 0.5) is 10.5 Å². The minimum Gasteiger partial charge on any atom is -0.481 e. The summed E-state index contributed by atoms with van der Waals surface area (Å²) in [6, 6.07) is 7.15. The molecule has 0 radical (unpaired) electrons. The van der Waals surface area contributed by atoms with Crippen molar-refractivity contribution in [2.75, 3.05) is 24.5 Å². The van der Waals surface area contributed by atoms with Gasteiger partial charge >= 0.3 is 12.0 Å². The van der Waals surface area contributed by atoms with Gasteiger partial charge in [-0.25, -0.2) is 4.79 Å². The van der Waals surface area contributed by atoms with Gasteiger partial charge in [-0.1, -0.05) is 32.0 Å². The molecule has 0 spiro atoms. The Labute approximate surface area is 125 Å². The van der Waals surface area contributed by atoms with Gasteiger partial charge in [0.05, 0.1) is 0 Å². The highest BCUT2D eigenvalue weighted by Crippen LogP contribution is 2.36. The first-order valence-electron chi connectivity index (χ1n) is 7.33. The number of para-hydroxylation sites is 1. The third-order valence-electron chi connectivity index (χ3n) is 3.73. The zero-order chi connectivity index (χ0) is 15.6. The fourth-order valence-corrected chi connectivity index (χ4v) is 2.75. The number of carbonyl (C=O) groups is 2. The molecule has 1 unspecified atom stereocenters. The van der Waals surface area contributed by atoms with E-state index < -0.39 is 11.9 Å². The Hall–Kier alpha value is -2.04. The minimum absolute atomic E-state index is 0.109. The van der Waals surface area contributed by atoms with Crippen LogP contribution < -0.4 is 4.90 Å². The zero-order valence-electron chi connectivity index (χ0n) is 12.7. The molecule has 1 aliphatic heterocycles. The maximum atomic E-state index is 12.7. The molecule has 1 aliphatic rings. The van der Waals surface area contributed by atoms with Crippen molar-refractivity contribution in [3.05, 3.63) is 29.8 Å². The summed E-state index contributed by atoms with van der Waals surface area (Å²) in [4.78, 5) is 27.5. The molecule has 0 saturated carbocycles. The predicted octanol–water partition coefficient (Wildman–Crippen LogP) is 2.77. The van der Waals surface area contributed by atoms with Crippen molar-refractivity contribution < 1.29 is 14.7 Å². The topological polar surface area (TPSA) is 60.9 Å². The second kappa shape index (κ2) is 6.16. The van der Waals surface area contributed by atoms with Crippen molar-refractivity contribution >= 4 is 17.7 Å². The van der Waals surface area contributed by atoms with Gasteiger partial charge in [-0.15, -0.1) is 0 Å². The summed E-state index contributed by atoms with van der Waals surface area (Å²) >= 11 is 0. The lowest BCUT2D eigenvalue weighted by molar-refractivity contribution is -0.138. The van der Waals surface area contributed by atoms with Crippen LogP contribution in [0.25, 0.3) is 0 Å². The average molecular weight is 290 g/mol. The number of anilines is 1. The highest BCUT2D eigenvalue weighted by Gasteiger charge is 2.37. The van der Waals surface area contributed by atoms with Gasteiger partial charge in [-0.2, -0.15) is 0 Å². The first-order chi connectivity index (χ1) is 9.95. The van der Waals surface area contributed by atoms with E-state index in [9.17, 15) is 14.7 Å². The molecule has 1 atom stereocenters. The zero-order valence-corrected chi connectivity index (χ0v) is 12.7. The van der Waals surface area contributed by atoms with Crippen molar-refractivity contribution in [1.29, 1.82) is 0 Å². The number of nitrogens with zero attached hydrogens (tertiary/aromatic N) is 2. The second-order valence-corrected chi connectivity index (χ2v) is 5.78. The average Bonchev–Trinajstić information content (AvgIpc) is 2.83. The standard InChI is InChI=1S/C16H22N2O3/c1-4-17(9-11(2)3)16(21)18-10-13(15(19)20)12-7-5-6-8-14(12)18/h5-8,11,13H,4,9-10H2,1-3H3,(H,19,20). The van der Waals surface area contributed by atoms with Gasteiger partial charge < -0.3 is 10.0 Å². The van der Waals surface area contributed by atoms with Crippen molar-refractivity contribution in [2.45, 2.75) is 26.7 Å². The third kappa shape index (κ3) is 3.01. The highest BCUT2D eigenvalue weighted by atomic mass is 16.4. The van der Waals surface area contributed by atoms with Crippen LogP contribution in [0.15, 0.2) is 24.3 Å². The molecule has 114 valence electrons. The summed E-state index contributed by atoms with van der Waals surface area (Å²) in [6.07, 6.45) is 0. The van der Waals surface area contributed by atoms with Gasteiger partial charge in [-0.05, 0) is 24.5 Å². The van der Waals surface area contributed by atoms with Crippen LogP contribution in [0, 0.1) is 5.92 Å². The van der Waals surface area contributed by atoms with Crippen LogP contribution in [0.2, 0.25) is 0 Å². The van der Waals surface area contributed by atoms with E-state index in [0.29, 0.717) is 19.0 Å². The van der Waals surface area contributed by atoms with Gasteiger partial charge in [0.15, 0.2) is 0 Å². The Morgan fingerprint density at radius 2 is 2.05 bits per heavy atom. The SMILES string of the molecule is CCN(CC(C)C)C(=O)N1CC(C(=O)O)c2ccccc21. The molecule has 0 fully saturated rings. The van der Waals surface area contributed by atoms with Crippen LogP contribution in [0.1, 0.15) is 32.3 Å². The van der Waals surface area contributed by atoms with Crippen LogP contribution in [0.3, 0.4) is 0 Å². The Balaban J connectivity index is 2.29. The van der Waals surface area contributed by atoms with E-state index >= 15 is 0 Å². The maximum absolute atomic E-state index is 12.7. The molecule has 0 aromatic heterocycles. The summed E-state index contributed by atoms with van der Waals surface area (Å²) in [5.41, 5.74) is 1.44. The van der Waals surface area contributed by atoms with E-state index in [0.717, 1.165) is 11.3 Å².